The molecular weight excluding hydrogens is 599 g/mol. The van der Waals surface area contributed by atoms with Crippen LogP contribution < -0.4 is 10.1 Å². The number of rotatable bonds is 3. The fraction of sp³-hybridized carbons (Fsp3) is 0.643. The van der Waals surface area contributed by atoms with Crippen molar-refractivity contribution in [1.29, 1.82) is 0 Å². The monoisotopic (exact) mass is 643 g/mol. The van der Waals surface area contributed by atoms with Crippen LogP contribution >= 0.6 is 32.0 Å². The molecule has 42 heavy (non-hydrogen) atoms. The fourth-order valence-electron chi connectivity index (χ4n) is 4.00. The molecular formula is C28H44B2ClFN2O6PS+. The number of aromatic nitrogens is 2. The number of hydrogen-bond donors (Lipinski definition) is 2. The highest BCUT2D eigenvalue weighted by Crippen LogP contribution is 2.63. The van der Waals surface area contributed by atoms with E-state index in [4.69, 9.17) is 57.8 Å². The molecule has 1 fully saturated rings. The van der Waals surface area contributed by atoms with E-state index < -0.39 is 8.17 Å². The molecule has 0 spiro atoms. The lowest BCUT2D eigenvalue weighted by atomic mass is 9.78. The summed E-state index contributed by atoms with van der Waals surface area (Å²) in [5, 5.41) is 0.0904. The molecule has 2 aliphatic heterocycles. The van der Waals surface area contributed by atoms with Crippen LogP contribution in [-0.2, 0) is 31.2 Å². The maximum absolute atomic E-state index is 15.0. The summed E-state index contributed by atoms with van der Waals surface area (Å²) in [7, 11) is 7.36. The Balaban J connectivity index is 0.000000400. The predicted molar refractivity (Wildman–Crippen MR) is 173 cm³/mol. The van der Waals surface area contributed by atoms with Crippen LogP contribution in [0.2, 0.25) is 5.02 Å². The Bertz CT molecular complexity index is 1300. The van der Waals surface area contributed by atoms with Gasteiger partial charge in [-0.25, -0.2) is 4.39 Å². The molecule has 3 heterocycles. The van der Waals surface area contributed by atoms with Gasteiger partial charge in [-0.2, -0.15) is 9.42 Å². The van der Waals surface area contributed by atoms with E-state index in [0.717, 1.165) is 18.4 Å². The minimum Gasteiger partial charge on any atom is -0.365 e. The second-order valence-electron chi connectivity index (χ2n) is 11.1. The number of benzene rings is 1. The summed E-state index contributed by atoms with van der Waals surface area (Å²) >= 11 is 10.7. The highest BCUT2D eigenvalue weighted by atomic mass is 35.5. The molecule has 0 bridgehead atoms. The molecule has 3 atom stereocenters. The van der Waals surface area contributed by atoms with Gasteiger partial charge in [-0.05, 0) is 47.5 Å². The molecule has 1 aromatic heterocycles. The Morgan fingerprint density at radius 3 is 2.21 bits per heavy atom. The molecule has 232 valence electrons. The van der Waals surface area contributed by atoms with E-state index in [1.54, 1.807) is 4.57 Å². The summed E-state index contributed by atoms with van der Waals surface area (Å²) in [4.78, 5) is 23.9. The smallest absolute Gasteiger partial charge is 0.365 e. The van der Waals surface area contributed by atoms with E-state index >= 15 is 0 Å². The van der Waals surface area contributed by atoms with Gasteiger partial charge in [-0.3, -0.25) is 18.9 Å². The van der Waals surface area contributed by atoms with Crippen molar-refractivity contribution in [2.75, 3.05) is 6.51 Å². The van der Waals surface area contributed by atoms with Gasteiger partial charge >= 0.3 is 8.17 Å². The van der Waals surface area contributed by atoms with Crippen LogP contribution in [0, 0.1) is 10.6 Å². The highest BCUT2D eigenvalue weighted by Gasteiger charge is 2.52. The third kappa shape index (κ3) is 9.88. The zero-order valence-electron chi connectivity index (χ0n) is 26.3. The summed E-state index contributed by atoms with van der Waals surface area (Å²) in [6.07, 6.45) is 2.77. The van der Waals surface area contributed by atoms with Gasteiger partial charge < -0.3 is 4.74 Å². The lowest BCUT2D eigenvalue weighted by Gasteiger charge is -2.31. The quantitative estimate of drug-likeness (QED) is 0.203. The molecule has 2 aliphatic rings. The Hall–Kier alpha value is -1.26. The molecule has 0 aliphatic carbocycles. The summed E-state index contributed by atoms with van der Waals surface area (Å²) < 4.78 is 38.1. The standard InChI is InChI=1S/C16H24BFO4P.C8H8BClN2O2S.2C2H6/c1-15(2,3)11-7-12(16(4,5)6)14-10(13(11)18)8-20-23(19,22-14)21-9-17;9-5-1-2-6(14-5)12-3-4(10)7(13)11-8(12)15;2*1-2/h7,19H,8-9H2,1-6H3;3,5-6H,1-2H2,(H,11,13,15);2*1-2H3/q+1;;;/t;5-,6?;;/m.0../s1. The first-order valence-corrected chi connectivity index (χ1v) is 16.3. The van der Waals surface area contributed by atoms with Crippen molar-refractivity contribution in [2.45, 2.75) is 112 Å². The molecule has 4 rings (SSSR count). The number of fused-ring (bicyclic) bond motifs is 1. The lowest BCUT2D eigenvalue weighted by molar-refractivity contribution is 0.0354. The predicted octanol–water partition coefficient (Wildman–Crippen LogP) is 7.56. The fourth-order valence-corrected chi connectivity index (χ4v) is 5.52. The largest absolute Gasteiger partial charge is 0.618 e. The molecule has 1 aromatic carbocycles. The number of hydrogen-bond acceptors (Lipinski definition) is 7. The first kappa shape index (κ1) is 38.8. The number of ether oxygens (including phenoxy) is 1. The van der Waals surface area contributed by atoms with Gasteiger partial charge in [0.15, 0.2) is 10.5 Å². The number of H-pyrrole nitrogens is 1. The Labute approximate surface area is 263 Å². The molecule has 0 amide bonds. The van der Waals surface area contributed by atoms with Crippen molar-refractivity contribution < 1.29 is 27.6 Å². The van der Waals surface area contributed by atoms with E-state index in [2.05, 4.69) is 4.98 Å². The zero-order chi connectivity index (χ0) is 32.6. The maximum Gasteiger partial charge on any atom is 0.618 e. The van der Waals surface area contributed by atoms with E-state index in [1.807, 2.05) is 75.3 Å². The van der Waals surface area contributed by atoms with Crippen LogP contribution in [-0.4, -0.2) is 42.6 Å². The third-order valence-corrected chi connectivity index (χ3v) is 7.93. The zero-order valence-corrected chi connectivity index (χ0v) is 28.8. The van der Waals surface area contributed by atoms with Crippen LogP contribution in [0.3, 0.4) is 0 Å². The molecule has 4 radical (unpaired) electrons. The Morgan fingerprint density at radius 2 is 1.74 bits per heavy atom. The van der Waals surface area contributed by atoms with Gasteiger partial charge in [0.05, 0.1) is 12.1 Å². The van der Waals surface area contributed by atoms with Crippen LogP contribution in [0.5, 0.6) is 5.75 Å². The van der Waals surface area contributed by atoms with Crippen molar-refractivity contribution in [3.05, 3.63) is 54.9 Å². The van der Waals surface area contributed by atoms with Gasteiger partial charge in [0, 0.05) is 17.8 Å². The highest BCUT2D eigenvalue weighted by molar-refractivity contribution is 7.71. The SMILES string of the molecule is CC.CC.[B]CO[P+]1(O)OCc2c(F)c(C(C)(C)C)cc(C(C)(C)C)c2O1.[B][C@@H]1CCC(n2cc(Cl)c(=O)[nH]c2=S)O1. The average Bonchev–Trinajstić information content (AvgIpc) is 3.33. The molecule has 2 aromatic rings. The summed E-state index contributed by atoms with van der Waals surface area (Å²) in [5.74, 6) is -0.0574. The second kappa shape index (κ2) is 16.2. The Morgan fingerprint density at radius 1 is 1.17 bits per heavy atom. The number of aromatic amines is 1. The summed E-state index contributed by atoms with van der Waals surface area (Å²) in [5.41, 5.74) is 0.657. The third-order valence-electron chi connectivity index (χ3n) is 6.01. The van der Waals surface area contributed by atoms with E-state index in [0.29, 0.717) is 21.6 Å². The number of nitrogens with one attached hydrogen (secondary N) is 1. The minimum atomic E-state index is -3.56. The number of halogens is 2. The van der Waals surface area contributed by atoms with E-state index in [1.165, 1.54) is 6.20 Å². The Kier molecular flexibility index (Phi) is 14.9. The van der Waals surface area contributed by atoms with Gasteiger partial charge in [0.1, 0.15) is 39.4 Å². The molecule has 14 heteroatoms. The van der Waals surface area contributed by atoms with Crippen molar-refractivity contribution in [1.82, 2.24) is 9.55 Å². The molecule has 1 saturated heterocycles. The van der Waals surface area contributed by atoms with Crippen LogP contribution in [0.1, 0.15) is 105 Å². The maximum atomic E-state index is 15.0. The lowest BCUT2D eigenvalue weighted by Crippen LogP contribution is -2.25. The second-order valence-corrected chi connectivity index (χ2v) is 13.5. The average molecular weight is 644 g/mol. The topological polar surface area (TPSA) is 94.9 Å². The van der Waals surface area contributed by atoms with Crippen LogP contribution in [0.25, 0.3) is 0 Å². The minimum absolute atomic E-state index is 0.0904. The van der Waals surface area contributed by atoms with Crippen molar-refractivity contribution >= 4 is 47.7 Å². The first-order chi connectivity index (χ1) is 19.5. The van der Waals surface area contributed by atoms with Crippen molar-refractivity contribution in [3.63, 3.8) is 0 Å². The summed E-state index contributed by atoms with van der Waals surface area (Å²) in [6, 6.07) is 1.54. The van der Waals surface area contributed by atoms with Crippen LogP contribution in [0.15, 0.2) is 17.1 Å². The van der Waals surface area contributed by atoms with Gasteiger partial charge in [0.2, 0.25) is 0 Å². The molecule has 8 nitrogen and oxygen atoms in total. The van der Waals surface area contributed by atoms with E-state index in [-0.39, 0.29) is 52.6 Å². The molecule has 2 N–H and O–H groups in total. The first-order valence-electron chi connectivity index (χ1n) is 14.1. The van der Waals surface area contributed by atoms with Gasteiger partial charge in [-0.1, -0.05) is 80.8 Å². The molecule has 2 unspecified atom stereocenters. The molecule has 0 saturated carbocycles. The van der Waals surface area contributed by atoms with Gasteiger partial charge in [-0.15, -0.1) is 4.52 Å². The number of nitrogens with zero attached hydrogens (tertiary/aromatic N) is 1. The van der Waals surface area contributed by atoms with Crippen molar-refractivity contribution in [3.8, 4) is 5.75 Å². The van der Waals surface area contributed by atoms with Crippen molar-refractivity contribution in [2.24, 2.45) is 0 Å². The normalized spacial score (nSPS) is 21.4. The van der Waals surface area contributed by atoms with Gasteiger partial charge in [0.25, 0.3) is 5.56 Å². The summed E-state index contributed by atoms with van der Waals surface area (Å²) in [6.45, 7) is 19.5. The van der Waals surface area contributed by atoms with E-state index in [9.17, 15) is 14.1 Å². The van der Waals surface area contributed by atoms with Crippen LogP contribution in [0.4, 0.5) is 4.39 Å².